The maximum absolute atomic E-state index is 12.1. The highest BCUT2D eigenvalue weighted by atomic mass is 16.5. The van der Waals surface area contributed by atoms with Gasteiger partial charge in [0.1, 0.15) is 6.10 Å². The first-order chi connectivity index (χ1) is 14.8. The van der Waals surface area contributed by atoms with Crippen LogP contribution in [0.1, 0.15) is 44.1 Å². The van der Waals surface area contributed by atoms with E-state index < -0.39 is 0 Å². The van der Waals surface area contributed by atoms with E-state index in [0.29, 0.717) is 43.7 Å². The normalized spacial score (nSPS) is 14.0. The number of hydrogen-bond donors (Lipinski definition) is 1. The highest BCUT2D eigenvalue weighted by molar-refractivity contribution is 5.75. The van der Waals surface area contributed by atoms with Gasteiger partial charge in [0.2, 0.25) is 17.6 Å². The van der Waals surface area contributed by atoms with Gasteiger partial charge in [-0.2, -0.15) is 4.80 Å². The number of tetrazole rings is 1. The monoisotopic (exact) mass is 406 g/mol. The van der Waals surface area contributed by atoms with Crippen molar-refractivity contribution in [2.24, 2.45) is 0 Å². The Morgan fingerprint density at radius 1 is 1.13 bits per heavy atom. The van der Waals surface area contributed by atoms with Crippen LogP contribution < -0.4 is 10.1 Å². The number of amides is 1. The number of carbonyl (C=O) groups is 1. The summed E-state index contributed by atoms with van der Waals surface area (Å²) in [6.07, 6.45) is 7.78. The maximum Gasteiger partial charge on any atom is 0.220 e. The molecule has 8 nitrogen and oxygen atoms in total. The van der Waals surface area contributed by atoms with Crippen molar-refractivity contribution in [1.82, 2.24) is 30.5 Å². The number of carbonyl (C=O) groups excluding carboxylic acids is 1. The Bertz CT molecular complexity index is 936. The summed E-state index contributed by atoms with van der Waals surface area (Å²) in [5, 5.41) is 15.4. The average molecular weight is 406 g/mol. The fourth-order valence-electron chi connectivity index (χ4n) is 3.47. The molecule has 1 amide bonds. The molecule has 30 heavy (non-hydrogen) atoms. The number of aromatic nitrogens is 5. The molecule has 1 aromatic carbocycles. The summed E-state index contributed by atoms with van der Waals surface area (Å²) in [5.74, 6) is 1.24. The molecule has 4 rings (SSSR count). The number of aryl methyl sites for hydroxylation is 1. The summed E-state index contributed by atoms with van der Waals surface area (Å²) in [6, 6.07) is 13.5. The summed E-state index contributed by atoms with van der Waals surface area (Å²) in [5.41, 5.74) is 1.88. The number of rotatable bonds is 9. The van der Waals surface area contributed by atoms with Crippen LogP contribution in [0.25, 0.3) is 11.4 Å². The standard InChI is InChI=1S/C22H26N6O2/c29-20(11-6-14-28-26-22(25-27-28)18-7-2-1-3-8-18)23-15-17-12-13-21(24-16-17)30-19-9-4-5-10-19/h1-3,7-8,12-13,16,19H,4-6,9-11,14-15H2,(H,23,29). The Labute approximate surface area is 175 Å². The number of ether oxygens (including phenoxy) is 1. The average Bonchev–Trinajstić information content (AvgIpc) is 3.46. The highest BCUT2D eigenvalue weighted by Gasteiger charge is 2.16. The SMILES string of the molecule is O=C(CCCn1nnc(-c2ccccc2)n1)NCc1ccc(OC2CCCC2)nc1. The van der Waals surface area contributed by atoms with Gasteiger partial charge in [0.15, 0.2) is 0 Å². The van der Waals surface area contributed by atoms with E-state index in [0.717, 1.165) is 24.0 Å². The van der Waals surface area contributed by atoms with Gasteiger partial charge in [0.05, 0.1) is 6.54 Å². The molecule has 2 heterocycles. The minimum Gasteiger partial charge on any atom is -0.474 e. The Hall–Kier alpha value is -3.29. The molecule has 156 valence electrons. The van der Waals surface area contributed by atoms with E-state index in [1.165, 1.54) is 17.6 Å². The summed E-state index contributed by atoms with van der Waals surface area (Å²) in [7, 11) is 0. The number of benzene rings is 1. The van der Waals surface area contributed by atoms with Gasteiger partial charge in [0.25, 0.3) is 0 Å². The first-order valence-corrected chi connectivity index (χ1v) is 10.5. The van der Waals surface area contributed by atoms with Gasteiger partial charge in [-0.1, -0.05) is 36.4 Å². The number of nitrogens with one attached hydrogen (secondary N) is 1. The third-order valence-corrected chi connectivity index (χ3v) is 5.12. The van der Waals surface area contributed by atoms with Gasteiger partial charge in [0, 0.05) is 30.8 Å². The molecule has 0 unspecified atom stereocenters. The summed E-state index contributed by atoms with van der Waals surface area (Å²) < 4.78 is 5.86. The van der Waals surface area contributed by atoms with Gasteiger partial charge >= 0.3 is 0 Å². The minimum absolute atomic E-state index is 0.00956. The Morgan fingerprint density at radius 3 is 2.73 bits per heavy atom. The first kappa shape index (κ1) is 20.0. The Morgan fingerprint density at radius 2 is 1.97 bits per heavy atom. The molecule has 1 saturated carbocycles. The van der Waals surface area contributed by atoms with Crippen molar-refractivity contribution in [3.05, 3.63) is 54.2 Å². The molecule has 1 aliphatic carbocycles. The summed E-state index contributed by atoms with van der Waals surface area (Å²) in [4.78, 5) is 18.0. The lowest BCUT2D eigenvalue weighted by molar-refractivity contribution is -0.121. The summed E-state index contributed by atoms with van der Waals surface area (Å²) >= 11 is 0. The molecule has 0 atom stereocenters. The van der Waals surface area contributed by atoms with Crippen LogP contribution in [0.3, 0.4) is 0 Å². The Kier molecular flexibility index (Phi) is 6.64. The molecular formula is C22H26N6O2. The van der Waals surface area contributed by atoms with Crippen LogP contribution >= 0.6 is 0 Å². The molecule has 1 fully saturated rings. The van der Waals surface area contributed by atoms with Crippen LogP contribution in [0, 0.1) is 0 Å². The van der Waals surface area contributed by atoms with Crippen molar-refractivity contribution < 1.29 is 9.53 Å². The fraction of sp³-hybridized carbons (Fsp3) is 0.409. The molecule has 1 N–H and O–H groups in total. The van der Waals surface area contributed by atoms with Crippen molar-refractivity contribution in [3.63, 3.8) is 0 Å². The zero-order valence-corrected chi connectivity index (χ0v) is 16.9. The number of pyridine rings is 1. The lowest BCUT2D eigenvalue weighted by Gasteiger charge is -2.12. The first-order valence-electron chi connectivity index (χ1n) is 10.5. The zero-order chi connectivity index (χ0) is 20.6. The van der Waals surface area contributed by atoms with Crippen LogP contribution in [0.2, 0.25) is 0 Å². The fourth-order valence-corrected chi connectivity index (χ4v) is 3.47. The van der Waals surface area contributed by atoms with Gasteiger partial charge in [-0.15, -0.1) is 10.2 Å². The molecule has 0 spiro atoms. The minimum atomic E-state index is -0.00956. The van der Waals surface area contributed by atoms with Gasteiger partial charge in [-0.05, 0) is 42.9 Å². The van der Waals surface area contributed by atoms with Crippen LogP contribution in [0.4, 0.5) is 0 Å². The number of nitrogens with zero attached hydrogens (tertiary/aromatic N) is 5. The second kappa shape index (κ2) is 9.96. The molecule has 0 saturated heterocycles. The van der Waals surface area contributed by atoms with E-state index in [1.54, 1.807) is 6.20 Å². The van der Waals surface area contributed by atoms with E-state index in [4.69, 9.17) is 4.74 Å². The van der Waals surface area contributed by atoms with Gasteiger partial charge in [-0.25, -0.2) is 4.98 Å². The lowest BCUT2D eigenvalue weighted by Crippen LogP contribution is -2.23. The van der Waals surface area contributed by atoms with Crippen molar-refractivity contribution >= 4 is 5.91 Å². The molecular weight excluding hydrogens is 380 g/mol. The molecule has 1 aliphatic rings. The van der Waals surface area contributed by atoms with Crippen LogP contribution in [-0.4, -0.2) is 37.2 Å². The van der Waals surface area contributed by atoms with Crippen molar-refractivity contribution in [3.8, 4) is 17.3 Å². The lowest BCUT2D eigenvalue weighted by atomic mass is 10.2. The van der Waals surface area contributed by atoms with Crippen LogP contribution in [-0.2, 0) is 17.9 Å². The molecule has 0 aliphatic heterocycles. The molecule has 8 heteroatoms. The van der Waals surface area contributed by atoms with Crippen LogP contribution in [0.5, 0.6) is 5.88 Å². The second-order valence-electron chi connectivity index (χ2n) is 7.48. The highest BCUT2D eigenvalue weighted by Crippen LogP contribution is 2.22. The van der Waals surface area contributed by atoms with E-state index in [9.17, 15) is 4.79 Å². The van der Waals surface area contributed by atoms with E-state index in [2.05, 4.69) is 25.7 Å². The second-order valence-corrected chi connectivity index (χ2v) is 7.48. The topological polar surface area (TPSA) is 94.8 Å². The van der Waals surface area contributed by atoms with Crippen LogP contribution in [0.15, 0.2) is 48.7 Å². The predicted molar refractivity (Wildman–Crippen MR) is 111 cm³/mol. The summed E-state index contributed by atoms with van der Waals surface area (Å²) in [6.45, 7) is 0.997. The van der Waals surface area contributed by atoms with Gasteiger partial charge in [-0.3, -0.25) is 4.79 Å². The predicted octanol–water partition coefficient (Wildman–Crippen LogP) is 3.15. The van der Waals surface area contributed by atoms with Crippen molar-refractivity contribution in [1.29, 1.82) is 0 Å². The van der Waals surface area contributed by atoms with E-state index >= 15 is 0 Å². The molecule has 0 radical (unpaired) electrons. The third-order valence-electron chi connectivity index (χ3n) is 5.12. The third kappa shape index (κ3) is 5.62. The molecule has 0 bridgehead atoms. The zero-order valence-electron chi connectivity index (χ0n) is 16.9. The number of hydrogen-bond acceptors (Lipinski definition) is 6. The van der Waals surface area contributed by atoms with E-state index in [1.807, 2.05) is 42.5 Å². The van der Waals surface area contributed by atoms with Gasteiger partial charge < -0.3 is 10.1 Å². The molecule has 2 aromatic heterocycles. The quantitative estimate of drug-likeness (QED) is 0.587. The smallest absolute Gasteiger partial charge is 0.220 e. The maximum atomic E-state index is 12.1. The molecule has 3 aromatic rings. The van der Waals surface area contributed by atoms with Crippen molar-refractivity contribution in [2.45, 2.75) is 57.7 Å². The van der Waals surface area contributed by atoms with E-state index in [-0.39, 0.29) is 5.91 Å². The van der Waals surface area contributed by atoms with Crippen molar-refractivity contribution in [2.75, 3.05) is 0 Å². The Balaban J connectivity index is 1.16. The largest absolute Gasteiger partial charge is 0.474 e.